The number of nitrogens with zero attached hydrogens (tertiary/aromatic N) is 1. The molecule has 0 aromatic rings. The standard InChI is InChI=1S/C11H21N/c1-9(2)7-11-8-12-5-3-10(11)4-6-12/h9-11H,3-8H2,1-2H3/t11-/m1/s1. The molecule has 3 rings (SSSR count). The number of fused-ring (bicyclic) bond motifs is 3. The molecule has 3 aliphatic rings. The van der Waals surface area contributed by atoms with Crippen LogP contribution >= 0.6 is 0 Å². The van der Waals surface area contributed by atoms with Crippen molar-refractivity contribution in [2.45, 2.75) is 33.1 Å². The van der Waals surface area contributed by atoms with Gasteiger partial charge in [-0.1, -0.05) is 13.8 Å². The molecular weight excluding hydrogens is 146 g/mol. The van der Waals surface area contributed by atoms with Gasteiger partial charge < -0.3 is 4.90 Å². The van der Waals surface area contributed by atoms with Crippen LogP contribution in [0.1, 0.15) is 33.1 Å². The summed E-state index contributed by atoms with van der Waals surface area (Å²) in [5.41, 5.74) is 0. The smallest absolute Gasteiger partial charge is 0.00124 e. The van der Waals surface area contributed by atoms with Crippen LogP contribution in [0.3, 0.4) is 0 Å². The van der Waals surface area contributed by atoms with Gasteiger partial charge in [-0.3, -0.25) is 0 Å². The van der Waals surface area contributed by atoms with E-state index in [2.05, 4.69) is 18.7 Å². The SMILES string of the molecule is CC(C)C[C@@H]1CN2CCC1CC2. The highest BCUT2D eigenvalue weighted by Gasteiger charge is 2.33. The van der Waals surface area contributed by atoms with E-state index < -0.39 is 0 Å². The van der Waals surface area contributed by atoms with Crippen LogP contribution in [0.5, 0.6) is 0 Å². The largest absolute Gasteiger partial charge is 0.303 e. The number of rotatable bonds is 2. The fourth-order valence-corrected chi connectivity index (χ4v) is 2.96. The molecule has 0 radical (unpaired) electrons. The van der Waals surface area contributed by atoms with Gasteiger partial charge >= 0.3 is 0 Å². The normalized spacial score (nSPS) is 40.8. The first-order chi connectivity index (χ1) is 5.75. The highest BCUT2D eigenvalue weighted by atomic mass is 15.1. The summed E-state index contributed by atoms with van der Waals surface area (Å²) in [6.07, 6.45) is 4.43. The molecule has 0 aromatic heterocycles. The first-order valence-corrected chi connectivity index (χ1v) is 5.48. The van der Waals surface area contributed by atoms with E-state index in [1.165, 1.54) is 38.9 Å². The van der Waals surface area contributed by atoms with Crippen LogP contribution in [-0.2, 0) is 0 Å². The molecule has 0 unspecified atom stereocenters. The summed E-state index contributed by atoms with van der Waals surface area (Å²) < 4.78 is 0. The molecule has 0 aromatic carbocycles. The zero-order valence-electron chi connectivity index (χ0n) is 8.42. The Morgan fingerprint density at radius 2 is 1.92 bits per heavy atom. The van der Waals surface area contributed by atoms with Gasteiger partial charge in [0.15, 0.2) is 0 Å². The predicted molar refractivity (Wildman–Crippen MR) is 52.1 cm³/mol. The second-order valence-electron chi connectivity index (χ2n) is 5.03. The summed E-state index contributed by atoms with van der Waals surface area (Å²) in [6.45, 7) is 8.90. The minimum atomic E-state index is 0.899. The maximum atomic E-state index is 2.66. The second kappa shape index (κ2) is 3.37. The van der Waals surface area contributed by atoms with Crippen molar-refractivity contribution in [2.24, 2.45) is 17.8 Å². The molecule has 1 heteroatoms. The Morgan fingerprint density at radius 3 is 2.33 bits per heavy atom. The maximum Gasteiger partial charge on any atom is 0.00124 e. The lowest BCUT2D eigenvalue weighted by atomic mass is 9.75. The number of hydrogen-bond acceptors (Lipinski definition) is 1. The molecule has 1 nitrogen and oxygen atoms in total. The summed E-state index contributed by atoms with van der Waals surface area (Å²) in [5, 5.41) is 0. The maximum absolute atomic E-state index is 2.66. The van der Waals surface area contributed by atoms with Gasteiger partial charge in [-0.05, 0) is 50.1 Å². The third kappa shape index (κ3) is 1.66. The lowest BCUT2D eigenvalue weighted by Crippen LogP contribution is -2.47. The van der Waals surface area contributed by atoms with E-state index in [4.69, 9.17) is 0 Å². The fourth-order valence-electron chi connectivity index (χ4n) is 2.96. The zero-order chi connectivity index (χ0) is 8.55. The van der Waals surface area contributed by atoms with Crippen molar-refractivity contribution in [3.05, 3.63) is 0 Å². The highest BCUT2D eigenvalue weighted by Crippen LogP contribution is 2.35. The van der Waals surface area contributed by atoms with Crippen molar-refractivity contribution in [1.82, 2.24) is 4.90 Å². The van der Waals surface area contributed by atoms with Crippen LogP contribution in [0.15, 0.2) is 0 Å². The van der Waals surface area contributed by atoms with Gasteiger partial charge in [-0.25, -0.2) is 0 Å². The Hall–Kier alpha value is -0.0400. The summed E-state index contributed by atoms with van der Waals surface area (Å²) in [7, 11) is 0. The van der Waals surface area contributed by atoms with E-state index in [-0.39, 0.29) is 0 Å². The highest BCUT2D eigenvalue weighted by molar-refractivity contribution is 4.86. The van der Waals surface area contributed by atoms with Crippen molar-refractivity contribution in [3.63, 3.8) is 0 Å². The summed E-state index contributed by atoms with van der Waals surface area (Å²) in [4.78, 5) is 2.66. The molecule has 3 heterocycles. The second-order valence-corrected chi connectivity index (χ2v) is 5.03. The Balaban J connectivity index is 1.91. The van der Waals surface area contributed by atoms with Crippen LogP contribution in [-0.4, -0.2) is 24.5 Å². The van der Waals surface area contributed by atoms with E-state index >= 15 is 0 Å². The molecule has 3 saturated heterocycles. The molecule has 2 bridgehead atoms. The molecule has 1 atom stereocenters. The summed E-state index contributed by atoms with van der Waals surface area (Å²) in [5.74, 6) is 3.01. The molecular formula is C11H21N. The van der Waals surface area contributed by atoms with Gasteiger partial charge in [-0.2, -0.15) is 0 Å². The van der Waals surface area contributed by atoms with Crippen molar-refractivity contribution in [1.29, 1.82) is 0 Å². The molecule has 70 valence electrons. The minimum Gasteiger partial charge on any atom is -0.303 e. The Morgan fingerprint density at radius 1 is 1.25 bits per heavy atom. The topological polar surface area (TPSA) is 3.24 Å². The van der Waals surface area contributed by atoms with Crippen LogP contribution < -0.4 is 0 Å². The predicted octanol–water partition coefficient (Wildman–Crippen LogP) is 2.37. The monoisotopic (exact) mass is 167 g/mol. The summed E-state index contributed by atoms with van der Waals surface area (Å²) in [6, 6.07) is 0. The molecule has 0 spiro atoms. The minimum absolute atomic E-state index is 0.899. The third-order valence-corrected chi connectivity index (χ3v) is 3.57. The van der Waals surface area contributed by atoms with Crippen LogP contribution in [0.25, 0.3) is 0 Å². The average molecular weight is 167 g/mol. The van der Waals surface area contributed by atoms with E-state index in [9.17, 15) is 0 Å². The molecule has 0 N–H and O–H groups in total. The Bertz CT molecular complexity index is 143. The zero-order valence-corrected chi connectivity index (χ0v) is 8.42. The van der Waals surface area contributed by atoms with E-state index in [1.807, 2.05) is 0 Å². The van der Waals surface area contributed by atoms with Gasteiger partial charge in [-0.15, -0.1) is 0 Å². The van der Waals surface area contributed by atoms with Gasteiger partial charge in [0.25, 0.3) is 0 Å². The molecule has 0 amide bonds. The lowest BCUT2D eigenvalue weighted by molar-refractivity contribution is 0.0406. The lowest BCUT2D eigenvalue weighted by Gasteiger charge is -2.45. The van der Waals surface area contributed by atoms with Crippen LogP contribution in [0, 0.1) is 17.8 Å². The van der Waals surface area contributed by atoms with Crippen molar-refractivity contribution in [2.75, 3.05) is 19.6 Å². The summed E-state index contributed by atoms with van der Waals surface area (Å²) >= 11 is 0. The van der Waals surface area contributed by atoms with E-state index in [0.29, 0.717) is 0 Å². The quantitative estimate of drug-likeness (QED) is 0.610. The molecule has 0 aliphatic carbocycles. The van der Waals surface area contributed by atoms with Crippen molar-refractivity contribution >= 4 is 0 Å². The third-order valence-electron chi connectivity index (χ3n) is 3.57. The number of piperidine rings is 3. The average Bonchev–Trinajstić information content (AvgIpc) is 2.05. The van der Waals surface area contributed by atoms with Crippen LogP contribution in [0.2, 0.25) is 0 Å². The number of hydrogen-bond donors (Lipinski definition) is 0. The first kappa shape index (κ1) is 8.55. The Labute approximate surface area is 76.1 Å². The van der Waals surface area contributed by atoms with E-state index in [1.54, 1.807) is 0 Å². The molecule has 0 saturated carbocycles. The van der Waals surface area contributed by atoms with Crippen molar-refractivity contribution in [3.8, 4) is 0 Å². The molecule has 3 fully saturated rings. The van der Waals surface area contributed by atoms with Gasteiger partial charge in [0.05, 0.1) is 0 Å². The van der Waals surface area contributed by atoms with Gasteiger partial charge in [0.1, 0.15) is 0 Å². The van der Waals surface area contributed by atoms with Gasteiger partial charge in [0.2, 0.25) is 0 Å². The first-order valence-electron chi connectivity index (χ1n) is 5.48. The Kier molecular flexibility index (Phi) is 2.40. The molecule has 12 heavy (non-hydrogen) atoms. The van der Waals surface area contributed by atoms with E-state index in [0.717, 1.165) is 17.8 Å². The van der Waals surface area contributed by atoms with Crippen molar-refractivity contribution < 1.29 is 0 Å². The molecule has 3 aliphatic heterocycles. The van der Waals surface area contributed by atoms with Gasteiger partial charge in [0, 0.05) is 6.54 Å². The van der Waals surface area contributed by atoms with Crippen LogP contribution in [0.4, 0.5) is 0 Å². The fraction of sp³-hybridized carbons (Fsp3) is 1.00.